The molecule has 0 spiro atoms. The summed E-state index contributed by atoms with van der Waals surface area (Å²) in [6.45, 7) is 1.33. The Morgan fingerprint density at radius 2 is 2.03 bits per heavy atom. The molecule has 0 unspecified atom stereocenters. The summed E-state index contributed by atoms with van der Waals surface area (Å²) in [5, 5.41) is 0.351. The molecule has 0 aliphatic rings. The fourth-order valence-electron chi connectivity index (χ4n) is 3.23. The highest BCUT2D eigenvalue weighted by atomic mass is 35.5. The van der Waals surface area contributed by atoms with Crippen LogP contribution in [0.1, 0.15) is 23.2 Å². The number of imidazole rings is 1. The molecule has 0 fully saturated rings. The van der Waals surface area contributed by atoms with Crippen molar-refractivity contribution in [3.05, 3.63) is 88.5 Å². The molecule has 1 aromatic heterocycles. The second-order valence-corrected chi connectivity index (χ2v) is 7.58. The molecular weight excluding hydrogens is 424 g/mol. The average molecular weight is 448 g/mol. The minimum Gasteiger partial charge on any atom is -0.383 e. The molecule has 164 valence electrons. The van der Waals surface area contributed by atoms with Crippen molar-refractivity contribution in [2.45, 2.75) is 25.9 Å². The number of hydrogen-bond donors (Lipinski definition) is 0. The van der Waals surface area contributed by atoms with E-state index in [-0.39, 0.29) is 30.5 Å². The second-order valence-electron chi connectivity index (χ2n) is 7.18. The molecule has 0 bridgehead atoms. The summed E-state index contributed by atoms with van der Waals surface area (Å²) in [5.74, 6) is -0.772. The van der Waals surface area contributed by atoms with Crippen LogP contribution in [0.2, 0.25) is 5.02 Å². The SMILES string of the molecule is COCCN(Cc1cn(Cc2c(F)cccc2Cl)cn1)C(=O)CCc1cccc(F)c1. The zero-order valence-corrected chi connectivity index (χ0v) is 18.0. The monoisotopic (exact) mass is 447 g/mol. The highest BCUT2D eigenvalue weighted by Crippen LogP contribution is 2.20. The van der Waals surface area contributed by atoms with Crippen LogP contribution in [-0.2, 0) is 29.0 Å². The van der Waals surface area contributed by atoms with Crippen molar-refractivity contribution in [2.24, 2.45) is 0 Å². The van der Waals surface area contributed by atoms with Crippen molar-refractivity contribution in [3.8, 4) is 0 Å². The number of methoxy groups -OCH3 is 1. The van der Waals surface area contributed by atoms with E-state index in [1.807, 2.05) is 0 Å². The number of amides is 1. The quantitative estimate of drug-likeness (QED) is 0.460. The van der Waals surface area contributed by atoms with Crippen molar-refractivity contribution in [3.63, 3.8) is 0 Å². The molecule has 0 radical (unpaired) electrons. The maximum Gasteiger partial charge on any atom is 0.223 e. The van der Waals surface area contributed by atoms with E-state index in [0.717, 1.165) is 5.56 Å². The first kappa shape index (κ1) is 22.9. The second kappa shape index (κ2) is 11.0. The van der Waals surface area contributed by atoms with Crippen LogP contribution in [0.4, 0.5) is 8.78 Å². The first-order valence-electron chi connectivity index (χ1n) is 9.91. The van der Waals surface area contributed by atoms with E-state index in [1.54, 1.807) is 53.4 Å². The number of carbonyl (C=O) groups excluding carboxylic acids is 1. The Labute approximate surface area is 185 Å². The van der Waals surface area contributed by atoms with Crippen molar-refractivity contribution in [1.82, 2.24) is 14.5 Å². The number of halogens is 3. The Balaban J connectivity index is 1.64. The smallest absolute Gasteiger partial charge is 0.223 e. The van der Waals surface area contributed by atoms with Crippen molar-refractivity contribution in [1.29, 1.82) is 0 Å². The molecule has 5 nitrogen and oxygen atoms in total. The van der Waals surface area contributed by atoms with Gasteiger partial charge in [-0.1, -0.05) is 29.8 Å². The number of carbonyl (C=O) groups is 1. The normalized spacial score (nSPS) is 11.0. The number of ether oxygens (including phenoxy) is 1. The molecule has 3 aromatic rings. The van der Waals surface area contributed by atoms with Crippen molar-refractivity contribution in [2.75, 3.05) is 20.3 Å². The van der Waals surface area contributed by atoms with Crippen LogP contribution < -0.4 is 0 Å². The van der Waals surface area contributed by atoms with Gasteiger partial charge in [0.2, 0.25) is 5.91 Å². The van der Waals surface area contributed by atoms with Gasteiger partial charge in [-0.15, -0.1) is 0 Å². The standard InChI is InChI=1S/C23H24ClF2N3O2/c1-31-11-10-29(23(30)9-8-17-4-2-5-18(25)12-17)14-19-13-28(16-27-19)15-20-21(24)6-3-7-22(20)26/h2-7,12-13,16H,8-11,14-15H2,1H3. The van der Waals surface area contributed by atoms with Crippen LogP contribution in [0.5, 0.6) is 0 Å². The Kier molecular flexibility index (Phi) is 8.14. The molecule has 1 amide bonds. The largest absolute Gasteiger partial charge is 0.383 e. The zero-order chi connectivity index (χ0) is 22.2. The topological polar surface area (TPSA) is 47.4 Å². The first-order chi connectivity index (χ1) is 15.0. The van der Waals surface area contributed by atoms with Crippen molar-refractivity contribution < 1.29 is 18.3 Å². The van der Waals surface area contributed by atoms with Gasteiger partial charge in [-0.3, -0.25) is 4.79 Å². The number of benzene rings is 2. The molecule has 0 atom stereocenters. The van der Waals surface area contributed by atoms with E-state index in [1.165, 1.54) is 18.2 Å². The number of aryl methyl sites for hydroxylation is 1. The van der Waals surface area contributed by atoms with E-state index in [9.17, 15) is 13.6 Å². The molecule has 0 saturated heterocycles. The molecule has 0 saturated carbocycles. The first-order valence-corrected chi connectivity index (χ1v) is 10.3. The third-order valence-electron chi connectivity index (χ3n) is 4.88. The van der Waals surface area contributed by atoms with Gasteiger partial charge in [0.05, 0.1) is 31.7 Å². The summed E-state index contributed by atoms with van der Waals surface area (Å²) in [6.07, 6.45) is 4.05. The highest BCUT2D eigenvalue weighted by Gasteiger charge is 2.16. The third kappa shape index (κ3) is 6.60. The van der Waals surface area contributed by atoms with Crippen LogP contribution in [-0.4, -0.2) is 40.6 Å². The minimum absolute atomic E-state index is 0.0759. The number of rotatable bonds is 10. The van der Waals surface area contributed by atoms with Gasteiger partial charge in [-0.2, -0.15) is 0 Å². The summed E-state index contributed by atoms with van der Waals surface area (Å²) < 4.78 is 34.2. The van der Waals surface area contributed by atoms with Gasteiger partial charge in [0.25, 0.3) is 0 Å². The Hall–Kier alpha value is -2.77. The van der Waals surface area contributed by atoms with Gasteiger partial charge in [0.15, 0.2) is 0 Å². The van der Waals surface area contributed by atoms with Crippen LogP contribution >= 0.6 is 11.6 Å². The number of aromatic nitrogens is 2. The van der Waals surface area contributed by atoms with E-state index >= 15 is 0 Å². The molecule has 0 N–H and O–H groups in total. The fraction of sp³-hybridized carbons (Fsp3) is 0.304. The maximum atomic E-state index is 14.0. The number of nitrogens with zero attached hydrogens (tertiary/aromatic N) is 3. The molecule has 0 aliphatic heterocycles. The van der Waals surface area contributed by atoms with Gasteiger partial charge < -0.3 is 14.2 Å². The van der Waals surface area contributed by atoms with Gasteiger partial charge in [-0.25, -0.2) is 13.8 Å². The minimum atomic E-state index is -0.378. The van der Waals surface area contributed by atoms with Gasteiger partial charge in [0, 0.05) is 36.9 Å². The van der Waals surface area contributed by atoms with Crippen molar-refractivity contribution >= 4 is 17.5 Å². The summed E-state index contributed by atoms with van der Waals surface area (Å²) in [7, 11) is 1.57. The summed E-state index contributed by atoms with van der Waals surface area (Å²) in [5.41, 5.74) is 1.82. The number of hydrogen-bond acceptors (Lipinski definition) is 3. The molecule has 0 aliphatic carbocycles. The van der Waals surface area contributed by atoms with Crippen LogP contribution in [0, 0.1) is 11.6 Å². The third-order valence-corrected chi connectivity index (χ3v) is 5.23. The molecule has 1 heterocycles. The highest BCUT2D eigenvalue weighted by molar-refractivity contribution is 6.31. The maximum absolute atomic E-state index is 14.0. The van der Waals surface area contributed by atoms with Crippen LogP contribution in [0.3, 0.4) is 0 Å². The van der Waals surface area contributed by atoms with Gasteiger partial charge in [0.1, 0.15) is 11.6 Å². The molecule has 3 rings (SSSR count). The molecular formula is C23H24ClF2N3O2. The zero-order valence-electron chi connectivity index (χ0n) is 17.2. The predicted octanol–water partition coefficient (Wildman–Crippen LogP) is 4.47. The van der Waals surface area contributed by atoms with E-state index < -0.39 is 0 Å². The van der Waals surface area contributed by atoms with E-state index in [4.69, 9.17) is 16.3 Å². The van der Waals surface area contributed by atoms with E-state index in [2.05, 4.69) is 4.98 Å². The fourth-order valence-corrected chi connectivity index (χ4v) is 3.45. The predicted molar refractivity (Wildman–Crippen MR) is 115 cm³/mol. The van der Waals surface area contributed by atoms with Crippen LogP contribution in [0.15, 0.2) is 55.0 Å². The lowest BCUT2D eigenvalue weighted by molar-refractivity contribution is -0.132. The summed E-state index contributed by atoms with van der Waals surface area (Å²) in [4.78, 5) is 18.8. The lowest BCUT2D eigenvalue weighted by Crippen LogP contribution is -2.33. The summed E-state index contributed by atoms with van der Waals surface area (Å²) >= 11 is 6.10. The Morgan fingerprint density at radius 3 is 2.77 bits per heavy atom. The van der Waals surface area contributed by atoms with Gasteiger partial charge >= 0.3 is 0 Å². The molecule has 8 heteroatoms. The molecule has 2 aromatic carbocycles. The van der Waals surface area contributed by atoms with Gasteiger partial charge in [-0.05, 0) is 36.2 Å². The lowest BCUT2D eigenvalue weighted by atomic mass is 10.1. The molecule has 31 heavy (non-hydrogen) atoms. The average Bonchev–Trinajstić information content (AvgIpc) is 3.19. The lowest BCUT2D eigenvalue weighted by Gasteiger charge is -2.21. The van der Waals surface area contributed by atoms with E-state index in [0.29, 0.717) is 42.4 Å². The Morgan fingerprint density at radius 1 is 1.23 bits per heavy atom. The van der Waals surface area contributed by atoms with Crippen LogP contribution in [0.25, 0.3) is 0 Å². The Bertz CT molecular complexity index is 1010. The summed E-state index contributed by atoms with van der Waals surface area (Å²) in [6, 6.07) is 10.8.